The standard InChI is InChI=1S/C20H19N5O5/c1-30-18-6-4-15(25(28)29)13-17(18)22-19(26)3-2-12-24-20(27)7-5-16(23-24)14-8-10-21-11-9-14/h4-11,13H,2-3,12H2,1H3,(H,22,26). The van der Waals surface area contributed by atoms with Gasteiger partial charge in [0, 0.05) is 49.1 Å². The molecule has 0 aliphatic heterocycles. The summed E-state index contributed by atoms with van der Waals surface area (Å²) in [4.78, 5) is 38.7. The quantitative estimate of drug-likeness (QED) is 0.447. The smallest absolute Gasteiger partial charge is 0.271 e. The zero-order valence-electron chi connectivity index (χ0n) is 16.1. The summed E-state index contributed by atoms with van der Waals surface area (Å²) < 4.78 is 6.43. The molecule has 0 bridgehead atoms. The highest BCUT2D eigenvalue weighted by molar-refractivity contribution is 5.92. The molecule has 0 saturated carbocycles. The number of rotatable bonds is 8. The lowest BCUT2D eigenvalue weighted by Crippen LogP contribution is -2.23. The summed E-state index contributed by atoms with van der Waals surface area (Å²) in [5.74, 6) is -0.0379. The predicted octanol–water partition coefficient (Wildman–Crippen LogP) is 2.64. The van der Waals surface area contributed by atoms with Crippen molar-refractivity contribution < 1.29 is 14.5 Å². The summed E-state index contributed by atoms with van der Waals surface area (Å²) in [7, 11) is 1.41. The van der Waals surface area contributed by atoms with Crippen molar-refractivity contribution in [1.82, 2.24) is 14.8 Å². The Morgan fingerprint density at radius 1 is 1.20 bits per heavy atom. The number of pyridine rings is 1. The maximum atomic E-state index is 12.3. The third kappa shape index (κ3) is 5.04. The summed E-state index contributed by atoms with van der Waals surface area (Å²) >= 11 is 0. The molecule has 0 atom stereocenters. The lowest BCUT2D eigenvalue weighted by atomic mass is 10.2. The normalized spacial score (nSPS) is 10.4. The number of nitro benzene ring substituents is 1. The van der Waals surface area contributed by atoms with Gasteiger partial charge in [-0.15, -0.1) is 0 Å². The molecule has 1 N–H and O–H groups in total. The average molecular weight is 409 g/mol. The number of nitro groups is 1. The van der Waals surface area contributed by atoms with Crippen molar-refractivity contribution in [2.24, 2.45) is 0 Å². The third-order valence-corrected chi connectivity index (χ3v) is 4.28. The van der Waals surface area contributed by atoms with E-state index >= 15 is 0 Å². The van der Waals surface area contributed by atoms with Crippen LogP contribution in [0.4, 0.5) is 11.4 Å². The molecule has 0 aliphatic rings. The minimum absolute atomic E-state index is 0.0967. The molecular weight excluding hydrogens is 390 g/mol. The molecule has 10 nitrogen and oxygen atoms in total. The number of nitrogens with zero attached hydrogens (tertiary/aromatic N) is 4. The van der Waals surface area contributed by atoms with Crippen LogP contribution in [0.15, 0.2) is 59.7 Å². The summed E-state index contributed by atoms with van der Waals surface area (Å²) in [5.41, 5.74) is 1.24. The van der Waals surface area contributed by atoms with Crippen LogP contribution < -0.4 is 15.6 Å². The van der Waals surface area contributed by atoms with Gasteiger partial charge >= 0.3 is 0 Å². The fraction of sp³-hybridized carbons (Fsp3) is 0.200. The Bertz CT molecular complexity index is 1110. The van der Waals surface area contributed by atoms with E-state index in [9.17, 15) is 19.7 Å². The van der Waals surface area contributed by atoms with Gasteiger partial charge in [-0.1, -0.05) is 0 Å². The Balaban J connectivity index is 1.63. The fourth-order valence-corrected chi connectivity index (χ4v) is 2.80. The van der Waals surface area contributed by atoms with Gasteiger partial charge < -0.3 is 10.1 Å². The van der Waals surface area contributed by atoms with Crippen molar-refractivity contribution in [2.75, 3.05) is 12.4 Å². The predicted molar refractivity (Wildman–Crippen MR) is 109 cm³/mol. The number of methoxy groups -OCH3 is 1. The van der Waals surface area contributed by atoms with Crippen LogP contribution in [0.5, 0.6) is 5.75 Å². The monoisotopic (exact) mass is 409 g/mol. The molecule has 1 amide bonds. The Hall–Kier alpha value is -4.08. The molecule has 30 heavy (non-hydrogen) atoms. The molecule has 2 aromatic heterocycles. The van der Waals surface area contributed by atoms with Crippen molar-refractivity contribution in [2.45, 2.75) is 19.4 Å². The zero-order valence-corrected chi connectivity index (χ0v) is 16.1. The molecule has 0 radical (unpaired) electrons. The summed E-state index contributed by atoms with van der Waals surface area (Å²) in [6, 6.07) is 10.6. The van der Waals surface area contributed by atoms with Crippen LogP contribution >= 0.6 is 0 Å². The van der Waals surface area contributed by atoms with Gasteiger partial charge in [0.05, 0.1) is 23.4 Å². The van der Waals surface area contributed by atoms with Gasteiger partial charge in [-0.2, -0.15) is 5.10 Å². The SMILES string of the molecule is COc1ccc([N+](=O)[O-])cc1NC(=O)CCCn1nc(-c2ccncc2)ccc1=O. The molecule has 0 saturated heterocycles. The summed E-state index contributed by atoms with van der Waals surface area (Å²) in [5, 5.41) is 17.9. The van der Waals surface area contributed by atoms with Gasteiger partial charge in [0.25, 0.3) is 11.2 Å². The number of aryl methyl sites for hydroxylation is 1. The highest BCUT2D eigenvalue weighted by Crippen LogP contribution is 2.29. The molecule has 1 aromatic carbocycles. The van der Waals surface area contributed by atoms with E-state index in [1.54, 1.807) is 30.6 Å². The van der Waals surface area contributed by atoms with Crippen molar-refractivity contribution >= 4 is 17.3 Å². The molecule has 0 aliphatic carbocycles. The number of nitrogens with one attached hydrogen (secondary N) is 1. The van der Waals surface area contributed by atoms with E-state index in [4.69, 9.17) is 4.74 Å². The molecule has 0 fully saturated rings. The van der Waals surface area contributed by atoms with E-state index in [1.165, 1.54) is 36.1 Å². The number of carbonyl (C=O) groups excluding carboxylic acids is 1. The number of carbonyl (C=O) groups is 1. The largest absolute Gasteiger partial charge is 0.495 e. The highest BCUT2D eigenvalue weighted by atomic mass is 16.6. The van der Waals surface area contributed by atoms with Gasteiger partial charge in [-0.3, -0.25) is 24.7 Å². The molecule has 2 heterocycles. The second kappa shape index (κ2) is 9.41. The number of benzene rings is 1. The van der Waals surface area contributed by atoms with Gasteiger partial charge in [0.1, 0.15) is 5.75 Å². The highest BCUT2D eigenvalue weighted by Gasteiger charge is 2.14. The number of ether oxygens (including phenoxy) is 1. The Morgan fingerprint density at radius 3 is 2.67 bits per heavy atom. The van der Waals surface area contributed by atoms with Crippen LogP contribution in [-0.4, -0.2) is 32.7 Å². The number of non-ortho nitro benzene ring substituents is 1. The second-order valence-electron chi connectivity index (χ2n) is 6.31. The Labute approximate surface area is 171 Å². The number of aromatic nitrogens is 3. The maximum absolute atomic E-state index is 12.3. The molecule has 3 rings (SSSR count). The van der Waals surface area contributed by atoms with Crippen LogP contribution in [0, 0.1) is 10.1 Å². The molecule has 10 heteroatoms. The first-order valence-corrected chi connectivity index (χ1v) is 9.09. The first-order chi connectivity index (χ1) is 14.5. The minimum atomic E-state index is -0.553. The molecule has 0 unspecified atom stereocenters. The lowest BCUT2D eigenvalue weighted by Gasteiger charge is -2.10. The zero-order chi connectivity index (χ0) is 21.5. The number of anilines is 1. The van der Waals surface area contributed by atoms with Gasteiger partial charge in [-0.05, 0) is 30.7 Å². The van der Waals surface area contributed by atoms with Crippen molar-refractivity contribution in [3.8, 4) is 17.0 Å². The van der Waals surface area contributed by atoms with Crippen molar-refractivity contribution in [1.29, 1.82) is 0 Å². The van der Waals surface area contributed by atoms with Gasteiger partial charge in [0.2, 0.25) is 5.91 Å². The summed E-state index contributed by atoms with van der Waals surface area (Å²) in [6.45, 7) is 0.247. The van der Waals surface area contributed by atoms with E-state index in [-0.39, 0.29) is 35.8 Å². The van der Waals surface area contributed by atoms with E-state index in [1.807, 2.05) is 0 Å². The maximum Gasteiger partial charge on any atom is 0.271 e. The molecule has 3 aromatic rings. The van der Waals surface area contributed by atoms with Crippen LogP contribution in [0.2, 0.25) is 0 Å². The van der Waals surface area contributed by atoms with Crippen LogP contribution in [-0.2, 0) is 11.3 Å². The molecule has 0 spiro atoms. The van der Waals surface area contributed by atoms with Crippen molar-refractivity contribution in [3.63, 3.8) is 0 Å². The van der Waals surface area contributed by atoms with E-state index in [2.05, 4.69) is 15.4 Å². The topological polar surface area (TPSA) is 129 Å². The Morgan fingerprint density at radius 2 is 1.97 bits per heavy atom. The summed E-state index contributed by atoms with van der Waals surface area (Å²) in [6.07, 6.45) is 3.73. The van der Waals surface area contributed by atoms with Crippen LogP contribution in [0.1, 0.15) is 12.8 Å². The first kappa shape index (κ1) is 20.6. The van der Waals surface area contributed by atoms with E-state index in [0.29, 0.717) is 17.9 Å². The minimum Gasteiger partial charge on any atom is -0.495 e. The third-order valence-electron chi connectivity index (χ3n) is 4.28. The number of amides is 1. The second-order valence-corrected chi connectivity index (χ2v) is 6.31. The Kier molecular flexibility index (Phi) is 6.48. The van der Waals surface area contributed by atoms with Crippen molar-refractivity contribution in [3.05, 3.63) is 75.3 Å². The first-order valence-electron chi connectivity index (χ1n) is 9.09. The van der Waals surface area contributed by atoms with Crippen LogP contribution in [0.25, 0.3) is 11.3 Å². The number of hydrogen-bond donors (Lipinski definition) is 1. The number of hydrogen-bond acceptors (Lipinski definition) is 7. The lowest BCUT2D eigenvalue weighted by molar-refractivity contribution is -0.384. The van der Waals surface area contributed by atoms with E-state index in [0.717, 1.165) is 5.56 Å². The average Bonchev–Trinajstić information content (AvgIpc) is 2.75. The van der Waals surface area contributed by atoms with Gasteiger partial charge in [0.15, 0.2) is 0 Å². The van der Waals surface area contributed by atoms with E-state index < -0.39 is 4.92 Å². The molecular formula is C20H19N5O5. The fourth-order valence-electron chi connectivity index (χ4n) is 2.80. The van der Waals surface area contributed by atoms with Crippen LogP contribution in [0.3, 0.4) is 0 Å². The van der Waals surface area contributed by atoms with Gasteiger partial charge in [-0.25, -0.2) is 4.68 Å². The molecule has 154 valence electrons.